The van der Waals surface area contributed by atoms with Crippen molar-refractivity contribution in [3.8, 4) is 16.9 Å². The zero-order chi connectivity index (χ0) is 23.1. The summed E-state index contributed by atoms with van der Waals surface area (Å²) in [6.45, 7) is 4.55. The highest BCUT2D eigenvalue weighted by atomic mass is 35.5. The van der Waals surface area contributed by atoms with Gasteiger partial charge in [-0.25, -0.2) is 0 Å². The molecule has 1 amide bonds. The van der Waals surface area contributed by atoms with Crippen LogP contribution in [0.1, 0.15) is 33.1 Å². The summed E-state index contributed by atoms with van der Waals surface area (Å²) < 4.78 is 5.95. The first-order valence-electron chi connectivity index (χ1n) is 10.7. The predicted molar refractivity (Wildman–Crippen MR) is 126 cm³/mol. The highest BCUT2D eigenvalue weighted by molar-refractivity contribution is 6.33. The third kappa shape index (κ3) is 5.98. The van der Waals surface area contributed by atoms with Crippen LogP contribution in [0, 0.1) is 0 Å². The van der Waals surface area contributed by atoms with Crippen molar-refractivity contribution in [3.05, 3.63) is 59.8 Å². The number of hydrogen-bond acceptors (Lipinski definition) is 4. The average Bonchev–Trinajstić information content (AvgIpc) is 2.78. The van der Waals surface area contributed by atoms with Gasteiger partial charge in [0.15, 0.2) is 6.10 Å². The van der Waals surface area contributed by atoms with Gasteiger partial charge in [-0.1, -0.05) is 29.8 Å². The van der Waals surface area contributed by atoms with E-state index in [1.54, 1.807) is 6.20 Å². The molecule has 1 aliphatic rings. The second kappa shape index (κ2) is 11.0. The lowest BCUT2D eigenvalue weighted by atomic mass is 10.0. The van der Waals surface area contributed by atoms with Crippen molar-refractivity contribution in [2.75, 3.05) is 13.1 Å². The van der Waals surface area contributed by atoms with Gasteiger partial charge in [0.05, 0.1) is 5.52 Å². The van der Waals surface area contributed by atoms with Crippen LogP contribution in [0.25, 0.3) is 22.0 Å². The van der Waals surface area contributed by atoms with Crippen molar-refractivity contribution >= 4 is 34.4 Å². The topological polar surface area (TPSA) is 79.7 Å². The molecule has 0 aliphatic carbocycles. The number of hydrogen-bond donors (Lipinski definition) is 1. The van der Waals surface area contributed by atoms with Crippen molar-refractivity contribution in [2.45, 2.75) is 39.2 Å². The minimum absolute atomic E-state index is 0.0533. The van der Waals surface area contributed by atoms with Gasteiger partial charge < -0.3 is 14.7 Å². The molecule has 7 heteroatoms. The van der Waals surface area contributed by atoms with E-state index >= 15 is 0 Å². The molecular weight excluding hydrogens is 428 g/mol. The van der Waals surface area contributed by atoms with E-state index in [2.05, 4.69) is 4.98 Å². The van der Waals surface area contributed by atoms with E-state index in [1.165, 1.54) is 6.42 Å². The number of aromatic nitrogens is 1. The summed E-state index contributed by atoms with van der Waals surface area (Å²) in [6.07, 6.45) is 4.60. The number of carbonyl (C=O) groups excluding carboxylic acids is 1. The molecule has 1 fully saturated rings. The Morgan fingerprint density at radius 2 is 1.75 bits per heavy atom. The molecule has 2 heterocycles. The van der Waals surface area contributed by atoms with E-state index in [1.807, 2.05) is 60.4 Å². The summed E-state index contributed by atoms with van der Waals surface area (Å²) in [5.41, 5.74) is 2.81. The molecule has 32 heavy (non-hydrogen) atoms. The standard InChI is InChI=1S/C23H23ClN2O2.C2H4O2/c1-16(23(27)26-13-5-2-6-14-26)28-17-9-10-20-18(11-12-25-22(20)15-17)19-7-3-4-8-21(19)24;1-2(3)4/h3-4,7-12,15-16H,2,5-6,13-14H2,1H3;1H3,(H,3,4). The summed E-state index contributed by atoms with van der Waals surface area (Å²) >= 11 is 6.38. The van der Waals surface area contributed by atoms with Crippen molar-refractivity contribution < 1.29 is 19.4 Å². The highest BCUT2D eigenvalue weighted by Crippen LogP contribution is 2.34. The van der Waals surface area contributed by atoms with Crippen LogP contribution in [0.2, 0.25) is 5.02 Å². The van der Waals surface area contributed by atoms with Crippen LogP contribution in [0.3, 0.4) is 0 Å². The minimum Gasteiger partial charge on any atom is -0.481 e. The SMILES string of the molecule is CC(=O)O.CC(Oc1ccc2c(-c3ccccc3Cl)ccnc2c1)C(=O)N1CCCCC1. The Balaban J connectivity index is 0.000000668. The first kappa shape index (κ1) is 23.5. The van der Waals surface area contributed by atoms with Crippen molar-refractivity contribution in [3.63, 3.8) is 0 Å². The van der Waals surface area contributed by atoms with Crippen molar-refractivity contribution in [2.24, 2.45) is 0 Å². The van der Waals surface area contributed by atoms with Crippen LogP contribution >= 0.6 is 11.6 Å². The number of fused-ring (bicyclic) bond motifs is 1. The summed E-state index contributed by atoms with van der Waals surface area (Å²) in [6, 6.07) is 15.5. The molecule has 0 spiro atoms. The van der Waals surface area contributed by atoms with Crippen LogP contribution in [0.15, 0.2) is 54.7 Å². The fourth-order valence-electron chi connectivity index (χ4n) is 3.74. The third-order valence-corrected chi connectivity index (χ3v) is 5.54. The minimum atomic E-state index is -0.833. The molecule has 168 valence electrons. The fraction of sp³-hybridized carbons (Fsp3) is 0.320. The number of carboxylic acids is 1. The number of halogens is 1. The first-order valence-corrected chi connectivity index (χ1v) is 11.0. The maximum absolute atomic E-state index is 12.6. The Morgan fingerprint density at radius 3 is 2.44 bits per heavy atom. The lowest BCUT2D eigenvalue weighted by Crippen LogP contribution is -2.43. The number of nitrogens with zero attached hydrogens (tertiary/aromatic N) is 2. The van der Waals surface area contributed by atoms with Crippen LogP contribution in [-0.4, -0.2) is 46.1 Å². The molecule has 0 bridgehead atoms. The normalized spacial score (nSPS) is 14.3. The van der Waals surface area contributed by atoms with Gasteiger partial charge in [0.1, 0.15) is 5.75 Å². The number of carboxylic acid groups (broad SMARTS) is 1. The number of carbonyl (C=O) groups is 2. The monoisotopic (exact) mass is 454 g/mol. The largest absolute Gasteiger partial charge is 0.481 e. The van der Waals surface area contributed by atoms with E-state index in [0.717, 1.165) is 54.9 Å². The van der Waals surface area contributed by atoms with Crippen molar-refractivity contribution in [1.82, 2.24) is 9.88 Å². The van der Waals surface area contributed by atoms with Crippen LogP contribution in [0.5, 0.6) is 5.75 Å². The molecule has 3 aromatic rings. The quantitative estimate of drug-likeness (QED) is 0.568. The summed E-state index contributed by atoms with van der Waals surface area (Å²) in [5.74, 6) is -0.133. The van der Waals surface area contributed by atoms with Crippen LogP contribution in [-0.2, 0) is 9.59 Å². The maximum atomic E-state index is 12.6. The van der Waals surface area contributed by atoms with Gasteiger partial charge in [-0.3, -0.25) is 14.6 Å². The lowest BCUT2D eigenvalue weighted by molar-refractivity contribution is -0.139. The molecule has 1 N–H and O–H groups in total. The number of rotatable bonds is 4. The zero-order valence-corrected chi connectivity index (χ0v) is 19.0. The smallest absolute Gasteiger partial charge is 0.300 e. The number of ether oxygens (including phenoxy) is 1. The van der Waals surface area contributed by atoms with Gasteiger partial charge >= 0.3 is 0 Å². The van der Waals surface area contributed by atoms with Crippen LogP contribution < -0.4 is 4.74 Å². The predicted octanol–water partition coefficient (Wildman–Crippen LogP) is 5.43. The van der Waals surface area contributed by atoms with Crippen LogP contribution in [0.4, 0.5) is 0 Å². The first-order chi connectivity index (χ1) is 15.4. The number of amides is 1. The number of piperidine rings is 1. The van der Waals surface area contributed by atoms with Gasteiger partial charge in [-0.05, 0) is 56.0 Å². The Kier molecular flexibility index (Phi) is 8.06. The third-order valence-electron chi connectivity index (χ3n) is 5.21. The number of pyridine rings is 1. The molecule has 0 radical (unpaired) electrons. The van der Waals surface area contributed by atoms with Gasteiger partial charge in [0.2, 0.25) is 0 Å². The van der Waals surface area contributed by atoms with Gasteiger partial charge in [-0.2, -0.15) is 0 Å². The molecule has 1 saturated heterocycles. The average molecular weight is 455 g/mol. The maximum Gasteiger partial charge on any atom is 0.300 e. The molecule has 1 unspecified atom stereocenters. The Labute approximate surface area is 192 Å². The second-order valence-corrected chi connectivity index (χ2v) is 8.09. The summed E-state index contributed by atoms with van der Waals surface area (Å²) in [7, 11) is 0. The molecular formula is C25H27ClN2O4. The van der Waals surface area contributed by atoms with Gasteiger partial charge in [0.25, 0.3) is 11.9 Å². The molecule has 0 saturated carbocycles. The highest BCUT2D eigenvalue weighted by Gasteiger charge is 2.23. The summed E-state index contributed by atoms with van der Waals surface area (Å²) in [4.78, 5) is 28.0. The molecule has 4 rings (SSSR count). The Hall–Kier alpha value is -3.12. The molecule has 1 aromatic heterocycles. The number of likely N-dealkylation sites (tertiary alicyclic amines) is 1. The molecule has 6 nitrogen and oxygen atoms in total. The Bertz CT molecular complexity index is 1090. The van der Waals surface area contributed by atoms with E-state index in [0.29, 0.717) is 10.8 Å². The summed E-state index contributed by atoms with van der Waals surface area (Å²) in [5, 5.41) is 9.12. The Morgan fingerprint density at radius 1 is 1.06 bits per heavy atom. The van der Waals surface area contributed by atoms with Gasteiger partial charge in [0, 0.05) is 48.2 Å². The molecule has 1 atom stereocenters. The fourth-order valence-corrected chi connectivity index (χ4v) is 3.98. The number of aliphatic carboxylic acids is 1. The van der Waals surface area contributed by atoms with E-state index in [4.69, 9.17) is 26.2 Å². The zero-order valence-electron chi connectivity index (χ0n) is 18.3. The molecule has 2 aromatic carbocycles. The van der Waals surface area contributed by atoms with E-state index in [-0.39, 0.29) is 5.91 Å². The second-order valence-electron chi connectivity index (χ2n) is 7.68. The molecule has 1 aliphatic heterocycles. The number of benzene rings is 2. The van der Waals surface area contributed by atoms with Gasteiger partial charge in [-0.15, -0.1) is 0 Å². The van der Waals surface area contributed by atoms with Crippen molar-refractivity contribution in [1.29, 1.82) is 0 Å². The van der Waals surface area contributed by atoms with E-state index < -0.39 is 12.1 Å². The van der Waals surface area contributed by atoms with E-state index in [9.17, 15) is 4.79 Å². The lowest BCUT2D eigenvalue weighted by Gasteiger charge is -2.29.